The van der Waals surface area contributed by atoms with Crippen LogP contribution < -0.4 is 4.90 Å². The van der Waals surface area contributed by atoms with E-state index in [9.17, 15) is 0 Å². The van der Waals surface area contributed by atoms with E-state index in [0.717, 1.165) is 5.52 Å². The Morgan fingerprint density at radius 3 is 2.77 bits per heavy atom. The largest absolute Gasteiger partial charge is 0.378 e. The number of aryl methyl sites for hydroxylation is 1. The first-order valence-electron chi connectivity index (χ1n) is 4.27. The number of rotatable bonds is 1. The van der Waals surface area contributed by atoms with Crippen molar-refractivity contribution in [3.63, 3.8) is 0 Å². The van der Waals surface area contributed by atoms with Gasteiger partial charge >= 0.3 is 0 Å². The van der Waals surface area contributed by atoms with Crippen molar-refractivity contribution in [3.8, 4) is 0 Å². The number of hydrogen-bond acceptors (Lipinski definition) is 2. The second-order valence-electron chi connectivity index (χ2n) is 3.44. The van der Waals surface area contributed by atoms with Crippen molar-refractivity contribution in [1.82, 2.24) is 9.78 Å². The zero-order chi connectivity index (χ0) is 9.42. The third-order valence-electron chi connectivity index (χ3n) is 2.12. The number of anilines is 1. The number of nitrogens with zero attached hydrogens (tertiary/aromatic N) is 3. The Kier molecular flexibility index (Phi) is 1.72. The lowest BCUT2D eigenvalue weighted by Crippen LogP contribution is -2.07. The highest BCUT2D eigenvalue weighted by Crippen LogP contribution is 2.18. The Bertz CT molecular complexity index is 429. The van der Waals surface area contributed by atoms with E-state index in [4.69, 9.17) is 0 Å². The van der Waals surface area contributed by atoms with Crippen LogP contribution in [-0.4, -0.2) is 23.9 Å². The fraction of sp³-hybridized carbons (Fsp3) is 0.300. The van der Waals surface area contributed by atoms with Crippen LogP contribution in [0.25, 0.3) is 10.9 Å². The molecule has 0 spiro atoms. The van der Waals surface area contributed by atoms with Crippen LogP contribution in [0.2, 0.25) is 0 Å². The van der Waals surface area contributed by atoms with Gasteiger partial charge in [0.2, 0.25) is 0 Å². The summed E-state index contributed by atoms with van der Waals surface area (Å²) in [6.45, 7) is 0. The molecule has 1 aromatic carbocycles. The predicted octanol–water partition coefficient (Wildman–Crippen LogP) is 1.64. The lowest BCUT2D eigenvalue weighted by Gasteiger charge is -2.11. The molecule has 3 nitrogen and oxygen atoms in total. The van der Waals surface area contributed by atoms with E-state index >= 15 is 0 Å². The van der Waals surface area contributed by atoms with Gasteiger partial charge in [0.05, 0.1) is 5.52 Å². The molecule has 1 aromatic heterocycles. The van der Waals surface area contributed by atoms with Crippen molar-refractivity contribution < 1.29 is 0 Å². The Morgan fingerprint density at radius 1 is 1.31 bits per heavy atom. The summed E-state index contributed by atoms with van der Waals surface area (Å²) in [6.07, 6.45) is 2.03. The lowest BCUT2D eigenvalue weighted by molar-refractivity contribution is 0.780. The first kappa shape index (κ1) is 8.10. The molecule has 0 saturated heterocycles. The molecule has 0 fully saturated rings. The minimum atomic E-state index is 1.05. The zero-order valence-electron chi connectivity index (χ0n) is 8.15. The molecule has 0 amide bonds. The van der Waals surface area contributed by atoms with Crippen LogP contribution in [0.5, 0.6) is 0 Å². The SMILES string of the molecule is CN(C)c1ccc2nn(C)cc2c1. The maximum absolute atomic E-state index is 4.31. The highest BCUT2D eigenvalue weighted by molar-refractivity contribution is 5.82. The molecule has 13 heavy (non-hydrogen) atoms. The molecule has 2 rings (SSSR count). The van der Waals surface area contributed by atoms with Gasteiger partial charge in [-0.3, -0.25) is 4.68 Å². The summed E-state index contributed by atoms with van der Waals surface area (Å²) in [5.74, 6) is 0. The summed E-state index contributed by atoms with van der Waals surface area (Å²) < 4.78 is 1.84. The topological polar surface area (TPSA) is 21.1 Å². The third-order valence-corrected chi connectivity index (χ3v) is 2.12. The van der Waals surface area contributed by atoms with Crippen LogP contribution in [0.3, 0.4) is 0 Å². The first-order chi connectivity index (χ1) is 6.16. The molecular weight excluding hydrogens is 162 g/mol. The quantitative estimate of drug-likeness (QED) is 0.657. The normalized spacial score (nSPS) is 10.7. The highest BCUT2D eigenvalue weighted by Gasteiger charge is 2.00. The average Bonchev–Trinajstić information content (AvgIpc) is 2.42. The molecule has 0 atom stereocenters. The van der Waals surface area contributed by atoms with Gasteiger partial charge in [-0.05, 0) is 18.2 Å². The maximum atomic E-state index is 4.31. The van der Waals surface area contributed by atoms with Gasteiger partial charge in [0.1, 0.15) is 0 Å². The maximum Gasteiger partial charge on any atom is 0.0924 e. The van der Waals surface area contributed by atoms with Crippen molar-refractivity contribution in [3.05, 3.63) is 24.4 Å². The Morgan fingerprint density at radius 2 is 2.08 bits per heavy atom. The molecule has 0 radical (unpaired) electrons. The van der Waals surface area contributed by atoms with Crippen LogP contribution >= 0.6 is 0 Å². The summed E-state index contributed by atoms with van der Waals surface area (Å²) in [7, 11) is 6.02. The van der Waals surface area contributed by atoms with Gasteiger partial charge in [0, 0.05) is 38.4 Å². The molecule has 0 unspecified atom stereocenters. The number of aromatic nitrogens is 2. The van der Waals surface area contributed by atoms with Gasteiger partial charge in [0.25, 0.3) is 0 Å². The van der Waals surface area contributed by atoms with Gasteiger partial charge in [-0.15, -0.1) is 0 Å². The van der Waals surface area contributed by atoms with Crippen molar-refractivity contribution in [2.24, 2.45) is 7.05 Å². The summed E-state index contributed by atoms with van der Waals surface area (Å²) in [4.78, 5) is 2.09. The highest BCUT2D eigenvalue weighted by atomic mass is 15.2. The smallest absolute Gasteiger partial charge is 0.0924 e. The third kappa shape index (κ3) is 1.37. The van der Waals surface area contributed by atoms with E-state index in [0.29, 0.717) is 0 Å². The van der Waals surface area contributed by atoms with Crippen LogP contribution in [0, 0.1) is 0 Å². The van der Waals surface area contributed by atoms with Crippen molar-refractivity contribution >= 4 is 16.6 Å². The van der Waals surface area contributed by atoms with Gasteiger partial charge in [-0.25, -0.2) is 0 Å². The standard InChI is InChI=1S/C10H13N3/c1-12(2)9-4-5-10-8(6-9)7-13(3)11-10/h4-7H,1-3H3. The fourth-order valence-corrected chi connectivity index (χ4v) is 1.41. The lowest BCUT2D eigenvalue weighted by atomic mass is 10.2. The van der Waals surface area contributed by atoms with E-state index in [1.807, 2.05) is 38.1 Å². The van der Waals surface area contributed by atoms with Crippen LogP contribution in [-0.2, 0) is 7.05 Å². The van der Waals surface area contributed by atoms with E-state index in [2.05, 4.69) is 22.1 Å². The Balaban J connectivity index is 2.61. The van der Waals surface area contributed by atoms with E-state index in [1.165, 1.54) is 11.1 Å². The predicted molar refractivity (Wildman–Crippen MR) is 55.0 cm³/mol. The average molecular weight is 175 g/mol. The van der Waals surface area contributed by atoms with E-state index in [-0.39, 0.29) is 0 Å². The number of fused-ring (bicyclic) bond motifs is 1. The molecule has 1 heterocycles. The molecule has 68 valence electrons. The molecular formula is C10H13N3. The first-order valence-corrected chi connectivity index (χ1v) is 4.27. The van der Waals surface area contributed by atoms with E-state index in [1.54, 1.807) is 0 Å². The molecule has 3 heteroatoms. The van der Waals surface area contributed by atoms with Gasteiger partial charge < -0.3 is 4.90 Å². The van der Waals surface area contributed by atoms with Crippen LogP contribution in [0.15, 0.2) is 24.4 Å². The monoisotopic (exact) mass is 175 g/mol. The molecule has 0 aliphatic heterocycles. The summed E-state index contributed by atoms with van der Waals surface area (Å²) in [5.41, 5.74) is 2.26. The second-order valence-corrected chi connectivity index (χ2v) is 3.44. The van der Waals surface area contributed by atoms with Crippen LogP contribution in [0.4, 0.5) is 5.69 Å². The molecule has 0 bridgehead atoms. The summed E-state index contributed by atoms with van der Waals surface area (Å²) >= 11 is 0. The van der Waals surface area contributed by atoms with Crippen molar-refractivity contribution in [2.45, 2.75) is 0 Å². The Hall–Kier alpha value is -1.51. The van der Waals surface area contributed by atoms with Gasteiger partial charge in [-0.1, -0.05) is 0 Å². The molecule has 0 N–H and O–H groups in total. The summed E-state index contributed by atoms with van der Waals surface area (Å²) in [6, 6.07) is 6.27. The molecule has 0 aliphatic carbocycles. The van der Waals surface area contributed by atoms with Gasteiger partial charge in [-0.2, -0.15) is 5.10 Å². The fourth-order valence-electron chi connectivity index (χ4n) is 1.41. The second kappa shape index (κ2) is 2.76. The van der Waals surface area contributed by atoms with Gasteiger partial charge in [0.15, 0.2) is 0 Å². The molecule has 0 aliphatic rings. The minimum absolute atomic E-state index is 1.05. The van der Waals surface area contributed by atoms with Crippen LogP contribution in [0.1, 0.15) is 0 Å². The van der Waals surface area contributed by atoms with E-state index < -0.39 is 0 Å². The Labute approximate surface area is 77.6 Å². The zero-order valence-corrected chi connectivity index (χ0v) is 8.15. The number of benzene rings is 1. The van der Waals surface area contributed by atoms with Crippen molar-refractivity contribution in [1.29, 1.82) is 0 Å². The van der Waals surface area contributed by atoms with Crippen molar-refractivity contribution in [2.75, 3.05) is 19.0 Å². The summed E-state index contributed by atoms with van der Waals surface area (Å²) in [5, 5.41) is 5.50. The number of hydrogen-bond donors (Lipinski definition) is 0. The minimum Gasteiger partial charge on any atom is -0.378 e. The molecule has 2 aromatic rings. The molecule has 0 saturated carbocycles.